The van der Waals surface area contributed by atoms with Gasteiger partial charge in [0, 0.05) is 25.7 Å². The minimum atomic E-state index is 0.0457. The van der Waals surface area contributed by atoms with Gasteiger partial charge in [-0.3, -0.25) is 9.69 Å². The first-order chi connectivity index (χ1) is 7.16. The molecule has 0 radical (unpaired) electrons. The number of nitrogens with zero attached hydrogens (tertiary/aromatic N) is 2. The molecular formula is C11H21N3O. The van der Waals surface area contributed by atoms with E-state index < -0.39 is 0 Å². The highest BCUT2D eigenvalue weighted by Crippen LogP contribution is 2.18. The van der Waals surface area contributed by atoms with E-state index in [1.54, 1.807) is 0 Å². The molecular weight excluding hydrogens is 190 g/mol. The SMILES string of the molecule is CN1CCN(C)[C@@H](C(=O)NC2CCC2)C1. The van der Waals surface area contributed by atoms with E-state index in [0.717, 1.165) is 32.5 Å². The van der Waals surface area contributed by atoms with Gasteiger partial charge in [0.1, 0.15) is 6.04 Å². The number of carbonyl (C=O) groups is 1. The van der Waals surface area contributed by atoms with Gasteiger partial charge < -0.3 is 10.2 Å². The van der Waals surface area contributed by atoms with Crippen LogP contribution in [0.25, 0.3) is 0 Å². The number of nitrogens with one attached hydrogen (secondary N) is 1. The lowest BCUT2D eigenvalue weighted by Crippen LogP contribution is -2.58. The molecule has 4 nitrogen and oxygen atoms in total. The van der Waals surface area contributed by atoms with Gasteiger partial charge in [-0.25, -0.2) is 0 Å². The summed E-state index contributed by atoms with van der Waals surface area (Å²) in [6.07, 6.45) is 3.60. The Morgan fingerprint density at radius 3 is 2.60 bits per heavy atom. The number of amides is 1. The predicted octanol–water partition coefficient (Wildman–Crippen LogP) is -0.0991. The smallest absolute Gasteiger partial charge is 0.238 e. The van der Waals surface area contributed by atoms with E-state index in [9.17, 15) is 4.79 Å². The number of carbonyl (C=O) groups excluding carboxylic acids is 1. The minimum absolute atomic E-state index is 0.0457. The van der Waals surface area contributed by atoms with Crippen LogP contribution in [0.2, 0.25) is 0 Å². The van der Waals surface area contributed by atoms with Crippen LogP contribution in [0.4, 0.5) is 0 Å². The van der Waals surface area contributed by atoms with Crippen molar-refractivity contribution in [3.8, 4) is 0 Å². The van der Waals surface area contributed by atoms with E-state index in [2.05, 4.69) is 22.2 Å². The molecule has 0 aromatic rings. The highest BCUT2D eigenvalue weighted by Gasteiger charge is 2.30. The number of hydrogen-bond acceptors (Lipinski definition) is 3. The Morgan fingerprint density at radius 1 is 1.27 bits per heavy atom. The summed E-state index contributed by atoms with van der Waals surface area (Å²) in [5, 5.41) is 3.13. The quantitative estimate of drug-likeness (QED) is 0.693. The Balaban J connectivity index is 1.86. The summed E-state index contributed by atoms with van der Waals surface area (Å²) in [5.74, 6) is 0.216. The van der Waals surface area contributed by atoms with Crippen molar-refractivity contribution in [2.24, 2.45) is 0 Å². The molecule has 1 N–H and O–H groups in total. The normalized spacial score (nSPS) is 29.9. The monoisotopic (exact) mass is 211 g/mol. The van der Waals surface area contributed by atoms with Crippen molar-refractivity contribution in [1.82, 2.24) is 15.1 Å². The summed E-state index contributed by atoms with van der Waals surface area (Å²) in [6.45, 7) is 2.90. The molecule has 2 aliphatic rings. The first-order valence-corrected chi connectivity index (χ1v) is 5.86. The molecule has 1 saturated carbocycles. The maximum Gasteiger partial charge on any atom is 0.238 e. The van der Waals surface area contributed by atoms with Crippen LogP contribution >= 0.6 is 0 Å². The zero-order chi connectivity index (χ0) is 10.8. The zero-order valence-electron chi connectivity index (χ0n) is 9.70. The maximum absolute atomic E-state index is 12.0. The lowest BCUT2D eigenvalue weighted by atomic mass is 9.93. The third-order valence-corrected chi connectivity index (χ3v) is 3.61. The largest absolute Gasteiger partial charge is 0.352 e. The van der Waals surface area contributed by atoms with E-state index in [1.807, 2.05) is 7.05 Å². The Morgan fingerprint density at radius 2 is 2.00 bits per heavy atom. The van der Waals surface area contributed by atoms with Gasteiger partial charge in [-0.2, -0.15) is 0 Å². The van der Waals surface area contributed by atoms with Crippen molar-refractivity contribution in [2.45, 2.75) is 31.3 Å². The second kappa shape index (κ2) is 4.49. The molecule has 86 valence electrons. The molecule has 1 saturated heterocycles. The second-order valence-corrected chi connectivity index (χ2v) is 4.90. The van der Waals surface area contributed by atoms with E-state index in [4.69, 9.17) is 0 Å². The number of likely N-dealkylation sites (N-methyl/N-ethyl adjacent to an activating group) is 2. The maximum atomic E-state index is 12.0. The molecule has 15 heavy (non-hydrogen) atoms. The van der Waals surface area contributed by atoms with Gasteiger partial charge >= 0.3 is 0 Å². The zero-order valence-corrected chi connectivity index (χ0v) is 9.70. The first-order valence-electron chi connectivity index (χ1n) is 5.86. The molecule has 4 heteroatoms. The van der Waals surface area contributed by atoms with Crippen LogP contribution in [0.5, 0.6) is 0 Å². The van der Waals surface area contributed by atoms with Gasteiger partial charge in [0.15, 0.2) is 0 Å². The van der Waals surface area contributed by atoms with E-state index in [-0.39, 0.29) is 11.9 Å². The van der Waals surface area contributed by atoms with Gasteiger partial charge in [0.05, 0.1) is 0 Å². The molecule has 1 heterocycles. The van der Waals surface area contributed by atoms with Crippen LogP contribution in [0.15, 0.2) is 0 Å². The van der Waals surface area contributed by atoms with Crippen LogP contribution in [-0.4, -0.2) is 61.5 Å². The summed E-state index contributed by atoms with van der Waals surface area (Å²) in [4.78, 5) is 16.4. The van der Waals surface area contributed by atoms with Gasteiger partial charge in [0.25, 0.3) is 0 Å². The average Bonchev–Trinajstić information content (AvgIpc) is 2.15. The molecule has 0 bridgehead atoms. The fourth-order valence-electron chi connectivity index (χ4n) is 2.14. The van der Waals surface area contributed by atoms with Crippen LogP contribution < -0.4 is 5.32 Å². The summed E-state index contributed by atoms with van der Waals surface area (Å²) in [7, 11) is 4.12. The molecule has 1 aliphatic heterocycles. The fourth-order valence-corrected chi connectivity index (χ4v) is 2.14. The summed E-state index contributed by atoms with van der Waals surface area (Å²) in [5.41, 5.74) is 0. The Hall–Kier alpha value is -0.610. The minimum Gasteiger partial charge on any atom is -0.352 e. The molecule has 2 fully saturated rings. The number of piperazine rings is 1. The van der Waals surface area contributed by atoms with Crippen molar-refractivity contribution < 1.29 is 4.79 Å². The van der Waals surface area contributed by atoms with Gasteiger partial charge in [0.2, 0.25) is 5.91 Å². The first kappa shape index (κ1) is 10.9. The van der Waals surface area contributed by atoms with Gasteiger partial charge in [-0.15, -0.1) is 0 Å². The van der Waals surface area contributed by atoms with Crippen molar-refractivity contribution in [3.05, 3.63) is 0 Å². The van der Waals surface area contributed by atoms with Crippen molar-refractivity contribution in [1.29, 1.82) is 0 Å². The van der Waals surface area contributed by atoms with Crippen molar-refractivity contribution in [2.75, 3.05) is 33.7 Å². The Labute approximate surface area is 91.6 Å². The van der Waals surface area contributed by atoms with Crippen LogP contribution in [0.3, 0.4) is 0 Å². The lowest BCUT2D eigenvalue weighted by Gasteiger charge is -2.38. The third kappa shape index (κ3) is 2.49. The van der Waals surface area contributed by atoms with Crippen LogP contribution in [0, 0.1) is 0 Å². The van der Waals surface area contributed by atoms with E-state index in [0.29, 0.717) is 6.04 Å². The van der Waals surface area contributed by atoms with Crippen LogP contribution in [0.1, 0.15) is 19.3 Å². The standard InChI is InChI=1S/C11H21N3O/c1-13-6-7-14(2)10(8-13)11(15)12-9-4-3-5-9/h9-10H,3-8H2,1-2H3,(H,12,15)/t10-/m1/s1. The number of rotatable bonds is 2. The molecule has 2 rings (SSSR count). The van der Waals surface area contributed by atoms with Gasteiger partial charge in [-0.1, -0.05) is 0 Å². The second-order valence-electron chi connectivity index (χ2n) is 4.90. The summed E-state index contributed by atoms with van der Waals surface area (Å²) in [6, 6.07) is 0.502. The highest BCUT2D eigenvalue weighted by molar-refractivity contribution is 5.82. The Bertz CT molecular complexity index is 240. The topological polar surface area (TPSA) is 35.6 Å². The lowest BCUT2D eigenvalue weighted by molar-refractivity contribution is -0.129. The molecule has 0 aromatic carbocycles. The molecule has 1 amide bonds. The van der Waals surface area contributed by atoms with Crippen molar-refractivity contribution >= 4 is 5.91 Å². The molecule has 0 unspecified atom stereocenters. The van der Waals surface area contributed by atoms with Crippen LogP contribution in [-0.2, 0) is 4.79 Å². The fraction of sp³-hybridized carbons (Fsp3) is 0.909. The number of hydrogen-bond donors (Lipinski definition) is 1. The third-order valence-electron chi connectivity index (χ3n) is 3.61. The average molecular weight is 211 g/mol. The molecule has 0 spiro atoms. The predicted molar refractivity (Wildman–Crippen MR) is 59.7 cm³/mol. The highest BCUT2D eigenvalue weighted by atomic mass is 16.2. The molecule has 0 aromatic heterocycles. The summed E-state index contributed by atoms with van der Waals surface area (Å²) < 4.78 is 0. The van der Waals surface area contributed by atoms with E-state index >= 15 is 0 Å². The molecule has 1 atom stereocenters. The van der Waals surface area contributed by atoms with E-state index in [1.165, 1.54) is 6.42 Å². The van der Waals surface area contributed by atoms with Crippen molar-refractivity contribution in [3.63, 3.8) is 0 Å². The summed E-state index contributed by atoms with van der Waals surface area (Å²) >= 11 is 0. The van der Waals surface area contributed by atoms with Gasteiger partial charge in [-0.05, 0) is 33.4 Å². The molecule has 1 aliphatic carbocycles. The Kier molecular flexibility index (Phi) is 3.26.